The van der Waals surface area contributed by atoms with Gasteiger partial charge in [0.15, 0.2) is 0 Å². The van der Waals surface area contributed by atoms with Crippen molar-refractivity contribution < 1.29 is 10.2 Å². The molecule has 0 aromatic heterocycles. The van der Waals surface area contributed by atoms with Crippen LogP contribution < -0.4 is 0 Å². The minimum Gasteiger partial charge on any atom is -0.507 e. The normalized spacial score (nSPS) is 12.4. The second kappa shape index (κ2) is 12.1. The van der Waals surface area contributed by atoms with E-state index in [0.29, 0.717) is 11.5 Å². The maximum absolute atomic E-state index is 11.5. The quantitative estimate of drug-likeness (QED) is 0.324. The van der Waals surface area contributed by atoms with Crippen molar-refractivity contribution >= 4 is 0 Å². The summed E-state index contributed by atoms with van der Waals surface area (Å²) in [4.78, 5) is 0. The summed E-state index contributed by atoms with van der Waals surface area (Å²) in [5, 5.41) is 22.9. The van der Waals surface area contributed by atoms with E-state index in [4.69, 9.17) is 0 Å². The number of hydrogen-bond donors (Lipinski definition) is 2. The highest BCUT2D eigenvalue weighted by Crippen LogP contribution is 2.46. The fourth-order valence-electron chi connectivity index (χ4n) is 4.74. The van der Waals surface area contributed by atoms with Crippen LogP contribution in [0.3, 0.4) is 0 Å². The van der Waals surface area contributed by atoms with Gasteiger partial charge in [-0.25, -0.2) is 0 Å². The van der Waals surface area contributed by atoms with Gasteiger partial charge >= 0.3 is 0 Å². The van der Waals surface area contributed by atoms with Gasteiger partial charge in [-0.05, 0) is 59.8 Å². The van der Waals surface area contributed by atoms with Crippen LogP contribution >= 0.6 is 0 Å². The highest BCUT2D eigenvalue weighted by molar-refractivity contribution is 5.80. The lowest BCUT2D eigenvalue weighted by molar-refractivity contribution is 0.440. The fraction of sp³-hybridized carbons (Fsp3) is 0.625. The molecule has 0 radical (unpaired) electrons. The summed E-state index contributed by atoms with van der Waals surface area (Å²) in [6, 6.07) is 8.61. The van der Waals surface area contributed by atoms with Gasteiger partial charge in [0.05, 0.1) is 0 Å². The van der Waals surface area contributed by atoms with Crippen molar-refractivity contribution in [3.05, 3.63) is 46.5 Å². The van der Waals surface area contributed by atoms with Crippen LogP contribution in [0.2, 0.25) is 0 Å². The first-order valence-corrected chi connectivity index (χ1v) is 13.6. The van der Waals surface area contributed by atoms with Gasteiger partial charge in [-0.2, -0.15) is 0 Å². The Morgan fingerprint density at radius 1 is 0.529 bits per heavy atom. The van der Waals surface area contributed by atoms with E-state index in [9.17, 15) is 10.2 Å². The Labute approximate surface area is 209 Å². The number of unbranched alkanes of at least 4 members (excludes halogenated alkanes) is 6. The lowest BCUT2D eigenvalue weighted by atomic mass is 9.79. The summed E-state index contributed by atoms with van der Waals surface area (Å²) in [5.74, 6) is 0.617. The maximum Gasteiger partial charge on any atom is 0.127 e. The lowest BCUT2D eigenvalue weighted by Crippen LogP contribution is -2.14. The molecule has 0 amide bonds. The zero-order valence-electron chi connectivity index (χ0n) is 23.3. The first kappa shape index (κ1) is 28.3. The standard InChI is InChI=1S/C32H50O2/c1-9-11-13-15-17-23-19-25(29(33)27(21-23)31(3,4)5)26-20-24(18-16-14-12-10-2)22-28(30(26)34)32(6,7)8/h19-22,33-34H,9-18H2,1-8H3. The van der Waals surface area contributed by atoms with E-state index in [0.717, 1.165) is 47.9 Å². The van der Waals surface area contributed by atoms with E-state index in [2.05, 4.69) is 79.7 Å². The van der Waals surface area contributed by atoms with Gasteiger partial charge < -0.3 is 10.2 Å². The van der Waals surface area contributed by atoms with Crippen molar-refractivity contribution in [3.8, 4) is 22.6 Å². The Balaban J connectivity index is 2.64. The van der Waals surface area contributed by atoms with Crippen molar-refractivity contribution in [2.24, 2.45) is 0 Å². The Morgan fingerprint density at radius 3 is 1.18 bits per heavy atom. The average Bonchev–Trinajstić information content (AvgIpc) is 2.74. The highest BCUT2D eigenvalue weighted by atomic mass is 16.3. The number of rotatable bonds is 11. The smallest absolute Gasteiger partial charge is 0.127 e. The molecule has 2 heteroatoms. The maximum atomic E-state index is 11.5. The molecule has 0 saturated carbocycles. The monoisotopic (exact) mass is 466 g/mol. The summed E-state index contributed by atoms with van der Waals surface area (Å²) >= 11 is 0. The van der Waals surface area contributed by atoms with Crippen LogP contribution in [-0.2, 0) is 23.7 Å². The molecule has 0 unspecified atom stereocenters. The second-order valence-corrected chi connectivity index (χ2v) is 12.2. The largest absolute Gasteiger partial charge is 0.507 e. The minimum atomic E-state index is -0.182. The third-order valence-corrected chi connectivity index (χ3v) is 6.88. The molecule has 0 aliphatic heterocycles. The van der Waals surface area contributed by atoms with Gasteiger partial charge in [-0.15, -0.1) is 0 Å². The average molecular weight is 467 g/mol. The predicted molar refractivity (Wildman–Crippen MR) is 148 cm³/mol. The van der Waals surface area contributed by atoms with Crippen LogP contribution in [0.25, 0.3) is 11.1 Å². The molecule has 0 saturated heterocycles. The molecule has 2 aromatic rings. The highest BCUT2D eigenvalue weighted by Gasteiger charge is 2.26. The van der Waals surface area contributed by atoms with Crippen LogP contribution in [-0.4, -0.2) is 10.2 Å². The number of benzene rings is 2. The zero-order chi connectivity index (χ0) is 25.5. The molecule has 34 heavy (non-hydrogen) atoms. The van der Waals surface area contributed by atoms with Gasteiger partial charge in [0.2, 0.25) is 0 Å². The topological polar surface area (TPSA) is 40.5 Å². The Morgan fingerprint density at radius 2 is 0.882 bits per heavy atom. The van der Waals surface area contributed by atoms with Crippen LogP contribution in [0.4, 0.5) is 0 Å². The second-order valence-electron chi connectivity index (χ2n) is 12.2. The van der Waals surface area contributed by atoms with E-state index < -0.39 is 0 Å². The van der Waals surface area contributed by atoms with E-state index >= 15 is 0 Å². The van der Waals surface area contributed by atoms with Gasteiger partial charge in [0, 0.05) is 22.3 Å². The van der Waals surface area contributed by atoms with Gasteiger partial charge in [-0.1, -0.05) is 106 Å². The van der Waals surface area contributed by atoms with Crippen LogP contribution in [0.15, 0.2) is 24.3 Å². The van der Waals surface area contributed by atoms with E-state index in [1.165, 1.54) is 49.7 Å². The van der Waals surface area contributed by atoms with Gasteiger partial charge in [0.1, 0.15) is 11.5 Å². The number of phenols is 2. The first-order valence-electron chi connectivity index (χ1n) is 13.6. The number of aromatic hydroxyl groups is 2. The Hall–Kier alpha value is -1.96. The van der Waals surface area contributed by atoms with Crippen molar-refractivity contribution in [2.75, 3.05) is 0 Å². The molecule has 0 aliphatic rings. The van der Waals surface area contributed by atoms with Crippen molar-refractivity contribution in [3.63, 3.8) is 0 Å². The molecular formula is C32H50O2. The third-order valence-electron chi connectivity index (χ3n) is 6.88. The zero-order valence-corrected chi connectivity index (χ0v) is 23.3. The molecule has 0 fully saturated rings. The molecule has 0 atom stereocenters. The van der Waals surface area contributed by atoms with Crippen LogP contribution in [0.1, 0.15) is 129 Å². The number of hydrogen-bond acceptors (Lipinski definition) is 2. The van der Waals surface area contributed by atoms with Gasteiger partial charge in [0.25, 0.3) is 0 Å². The minimum absolute atomic E-state index is 0.182. The van der Waals surface area contributed by atoms with E-state index in [-0.39, 0.29) is 10.8 Å². The van der Waals surface area contributed by atoms with Gasteiger partial charge in [-0.3, -0.25) is 0 Å². The first-order chi connectivity index (χ1) is 15.9. The van der Waals surface area contributed by atoms with Crippen molar-refractivity contribution in [1.29, 1.82) is 0 Å². The predicted octanol–water partition coefficient (Wildman–Crippen LogP) is 9.61. The summed E-state index contributed by atoms with van der Waals surface area (Å²) in [7, 11) is 0. The number of phenolic OH excluding ortho intramolecular Hbond substituents is 2. The summed E-state index contributed by atoms with van der Waals surface area (Å²) in [5.41, 5.74) is 5.60. The summed E-state index contributed by atoms with van der Waals surface area (Å²) in [6.07, 6.45) is 11.7. The van der Waals surface area contributed by atoms with E-state index in [1.807, 2.05) is 0 Å². The Kier molecular flexibility index (Phi) is 10.1. The van der Waals surface area contributed by atoms with Crippen molar-refractivity contribution in [2.45, 2.75) is 130 Å². The number of aryl methyl sites for hydroxylation is 2. The Bertz CT molecular complexity index is 848. The fourth-order valence-corrected chi connectivity index (χ4v) is 4.74. The molecule has 2 aromatic carbocycles. The molecule has 2 N–H and O–H groups in total. The third kappa shape index (κ3) is 7.52. The molecule has 2 rings (SSSR count). The molecule has 0 bridgehead atoms. The summed E-state index contributed by atoms with van der Waals surface area (Å²) in [6.45, 7) is 17.4. The SMILES string of the molecule is CCCCCCc1cc(-c2cc(CCCCCC)cc(C(C)(C)C)c2O)c(O)c(C(C)(C)C)c1. The van der Waals surface area contributed by atoms with Crippen LogP contribution in [0.5, 0.6) is 11.5 Å². The molecular weight excluding hydrogens is 416 g/mol. The molecule has 0 spiro atoms. The van der Waals surface area contributed by atoms with Crippen molar-refractivity contribution in [1.82, 2.24) is 0 Å². The molecule has 2 nitrogen and oxygen atoms in total. The summed E-state index contributed by atoms with van der Waals surface area (Å²) < 4.78 is 0. The molecule has 0 aliphatic carbocycles. The molecule has 0 heterocycles. The van der Waals surface area contributed by atoms with E-state index in [1.54, 1.807) is 0 Å². The molecule has 190 valence electrons. The van der Waals surface area contributed by atoms with Crippen LogP contribution in [0, 0.1) is 0 Å². The lowest BCUT2D eigenvalue weighted by Gasteiger charge is -2.26.